The fourth-order valence-electron chi connectivity index (χ4n) is 3.40. The average molecular weight is 450 g/mol. The highest BCUT2D eigenvalue weighted by Crippen LogP contribution is 2.27. The smallest absolute Gasteiger partial charge is 0.289 e. The number of benzene rings is 2. The van der Waals surface area contributed by atoms with Gasteiger partial charge in [-0.2, -0.15) is 4.31 Å². The highest BCUT2D eigenvalue weighted by molar-refractivity contribution is 7.89. The van der Waals surface area contributed by atoms with E-state index in [1.54, 1.807) is 19.1 Å². The predicted octanol–water partition coefficient (Wildman–Crippen LogP) is 1.75. The number of hydrogen-bond acceptors (Lipinski definition) is 6. The molecule has 3 rings (SSSR count). The standard InChI is InChI=1S/C20H23FN4O5S/c1-15(20(26)22-14-16-6-8-17(21)9-7-16)23-10-12-24(13-11-23)31(29,30)19-5-3-2-4-18(19)25(27)28/h2-9,15H,10-14H2,1H3,(H,22,26). The number of carbonyl (C=O) groups is 1. The zero-order chi connectivity index (χ0) is 22.6. The van der Waals surface area contributed by atoms with Gasteiger partial charge in [0.05, 0.1) is 11.0 Å². The Morgan fingerprint density at radius 2 is 1.74 bits per heavy atom. The van der Waals surface area contributed by atoms with Crippen LogP contribution in [0, 0.1) is 15.9 Å². The molecule has 0 spiro atoms. The van der Waals surface area contributed by atoms with E-state index in [9.17, 15) is 27.7 Å². The molecule has 1 N–H and O–H groups in total. The van der Waals surface area contributed by atoms with E-state index in [1.165, 1.54) is 34.6 Å². The van der Waals surface area contributed by atoms with Gasteiger partial charge in [-0.3, -0.25) is 19.8 Å². The molecule has 1 aliphatic rings. The topological polar surface area (TPSA) is 113 Å². The Labute approximate surface area is 179 Å². The molecule has 0 aliphatic carbocycles. The number of hydrogen-bond donors (Lipinski definition) is 1. The van der Waals surface area contributed by atoms with Crippen LogP contribution in [0.2, 0.25) is 0 Å². The van der Waals surface area contributed by atoms with Crippen molar-refractivity contribution in [3.8, 4) is 0 Å². The maximum absolute atomic E-state index is 13.0. The third-order valence-electron chi connectivity index (χ3n) is 5.26. The Morgan fingerprint density at radius 1 is 1.13 bits per heavy atom. The van der Waals surface area contributed by atoms with Crippen molar-refractivity contribution in [3.63, 3.8) is 0 Å². The van der Waals surface area contributed by atoms with Gasteiger partial charge in [0.1, 0.15) is 5.82 Å². The fourth-order valence-corrected chi connectivity index (χ4v) is 4.98. The van der Waals surface area contributed by atoms with E-state index in [2.05, 4.69) is 5.32 Å². The van der Waals surface area contributed by atoms with Gasteiger partial charge in [-0.25, -0.2) is 12.8 Å². The van der Waals surface area contributed by atoms with Crippen LogP contribution in [-0.4, -0.2) is 60.7 Å². The van der Waals surface area contributed by atoms with E-state index in [0.717, 1.165) is 11.6 Å². The van der Waals surface area contributed by atoms with Crippen molar-refractivity contribution in [2.75, 3.05) is 26.2 Å². The van der Waals surface area contributed by atoms with Gasteiger partial charge in [0.15, 0.2) is 4.90 Å². The number of piperazine rings is 1. The largest absolute Gasteiger partial charge is 0.351 e. The molecule has 166 valence electrons. The predicted molar refractivity (Wildman–Crippen MR) is 111 cm³/mol. The van der Waals surface area contributed by atoms with Gasteiger partial charge in [0, 0.05) is 38.8 Å². The van der Waals surface area contributed by atoms with Gasteiger partial charge < -0.3 is 5.32 Å². The van der Waals surface area contributed by atoms with Gasteiger partial charge in [-0.05, 0) is 30.7 Å². The third-order valence-corrected chi connectivity index (χ3v) is 7.21. The summed E-state index contributed by atoms with van der Waals surface area (Å²) in [6.07, 6.45) is 0. The minimum Gasteiger partial charge on any atom is -0.351 e. The fraction of sp³-hybridized carbons (Fsp3) is 0.350. The van der Waals surface area contributed by atoms with Crippen LogP contribution in [0.15, 0.2) is 53.4 Å². The summed E-state index contributed by atoms with van der Waals surface area (Å²) in [5.74, 6) is -0.573. The molecule has 0 saturated carbocycles. The Balaban J connectivity index is 1.59. The molecule has 2 aromatic rings. The number of nitro groups is 1. The van der Waals surface area contributed by atoms with Gasteiger partial charge in [0.2, 0.25) is 15.9 Å². The molecule has 1 amide bonds. The first-order valence-electron chi connectivity index (χ1n) is 9.70. The maximum atomic E-state index is 13.0. The zero-order valence-electron chi connectivity index (χ0n) is 16.9. The number of para-hydroxylation sites is 1. The van der Waals surface area contributed by atoms with E-state index in [-0.39, 0.29) is 36.3 Å². The molecule has 0 bridgehead atoms. The summed E-state index contributed by atoms with van der Waals surface area (Å²) in [7, 11) is -4.02. The molecular formula is C20H23FN4O5S. The highest BCUT2D eigenvalue weighted by Gasteiger charge is 2.35. The number of rotatable bonds is 7. The van der Waals surface area contributed by atoms with Crippen molar-refractivity contribution in [1.29, 1.82) is 0 Å². The Hall–Kier alpha value is -2.89. The van der Waals surface area contributed by atoms with Crippen LogP contribution in [0.1, 0.15) is 12.5 Å². The van der Waals surface area contributed by atoms with E-state index in [4.69, 9.17) is 0 Å². The summed E-state index contributed by atoms with van der Waals surface area (Å²) >= 11 is 0. The Morgan fingerprint density at radius 3 is 2.35 bits per heavy atom. The van der Waals surface area contributed by atoms with Crippen LogP contribution in [0.4, 0.5) is 10.1 Å². The number of halogens is 1. The molecule has 2 aromatic carbocycles. The van der Waals surface area contributed by atoms with Crippen LogP contribution in [-0.2, 0) is 21.4 Å². The van der Waals surface area contributed by atoms with Gasteiger partial charge in [-0.15, -0.1) is 0 Å². The number of carbonyl (C=O) groups excluding carboxylic acids is 1. The summed E-state index contributed by atoms with van der Waals surface area (Å²) < 4.78 is 40.0. The lowest BCUT2D eigenvalue weighted by Gasteiger charge is -2.36. The molecule has 1 aliphatic heterocycles. The zero-order valence-corrected chi connectivity index (χ0v) is 17.7. The average Bonchev–Trinajstić information content (AvgIpc) is 2.78. The molecule has 1 fully saturated rings. The minimum absolute atomic E-state index is 0.115. The Bertz CT molecular complexity index is 1050. The molecule has 1 unspecified atom stereocenters. The number of nitro benzene ring substituents is 1. The van der Waals surface area contributed by atoms with Crippen molar-refractivity contribution in [2.24, 2.45) is 0 Å². The molecule has 11 heteroatoms. The van der Waals surface area contributed by atoms with Crippen molar-refractivity contribution in [2.45, 2.75) is 24.4 Å². The summed E-state index contributed by atoms with van der Waals surface area (Å²) in [6.45, 7) is 2.84. The second kappa shape index (κ2) is 9.50. The van der Waals surface area contributed by atoms with Crippen LogP contribution < -0.4 is 5.32 Å². The van der Waals surface area contributed by atoms with Crippen molar-refractivity contribution >= 4 is 21.6 Å². The number of sulfonamides is 1. The third kappa shape index (κ3) is 5.24. The van der Waals surface area contributed by atoms with Crippen LogP contribution in [0.5, 0.6) is 0 Å². The normalized spacial score (nSPS) is 16.6. The lowest BCUT2D eigenvalue weighted by atomic mass is 10.2. The molecule has 1 heterocycles. The first kappa shape index (κ1) is 22.8. The van der Waals surface area contributed by atoms with Gasteiger partial charge in [0.25, 0.3) is 5.69 Å². The summed E-state index contributed by atoms with van der Waals surface area (Å²) in [4.78, 5) is 24.5. The number of nitrogens with zero attached hydrogens (tertiary/aromatic N) is 3. The highest BCUT2D eigenvalue weighted by atomic mass is 32.2. The Kier molecular flexibility index (Phi) is 6.98. The summed E-state index contributed by atoms with van der Waals surface area (Å²) in [5.41, 5.74) is 0.306. The molecule has 1 atom stereocenters. The minimum atomic E-state index is -4.02. The molecule has 9 nitrogen and oxygen atoms in total. The van der Waals surface area contributed by atoms with E-state index in [1.807, 2.05) is 4.90 Å². The van der Waals surface area contributed by atoms with Crippen LogP contribution in [0.25, 0.3) is 0 Å². The van der Waals surface area contributed by atoms with Crippen molar-refractivity contribution in [3.05, 3.63) is 70.0 Å². The van der Waals surface area contributed by atoms with E-state index in [0.29, 0.717) is 13.1 Å². The summed E-state index contributed by atoms with van der Waals surface area (Å²) in [6, 6.07) is 10.6. The molecule has 31 heavy (non-hydrogen) atoms. The van der Waals surface area contributed by atoms with E-state index < -0.39 is 26.7 Å². The van der Waals surface area contributed by atoms with Gasteiger partial charge in [-0.1, -0.05) is 24.3 Å². The van der Waals surface area contributed by atoms with Crippen molar-refractivity contribution < 1.29 is 22.5 Å². The van der Waals surface area contributed by atoms with Crippen LogP contribution in [0.3, 0.4) is 0 Å². The molecule has 0 radical (unpaired) electrons. The lowest BCUT2D eigenvalue weighted by Crippen LogP contribution is -2.54. The van der Waals surface area contributed by atoms with E-state index >= 15 is 0 Å². The number of nitrogens with one attached hydrogen (secondary N) is 1. The molecule has 1 saturated heterocycles. The second-order valence-corrected chi connectivity index (χ2v) is 9.09. The monoisotopic (exact) mass is 450 g/mol. The first-order chi connectivity index (χ1) is 14.7. The lowest BCUT2D eigenvalue weighted by molar-refractivity contribution is -0.387. The quantitative estimate of drug-likeness (QED) is 0.508. The number of amides is 1. The first-order valence-corrected chi connectivity index (χ1v) is 11.1. The maximum Gasteiger partial charge on any atom is 0.289 e. The van der Waals surface area contributed by atoms with Crippen molar-refractivity contribution in [1.82, 2.24) is 14.5 Å². The summed E-state index contributed by atoms with van der Waals surface area (Å²) in [5, 5.41) is 14.0. The van der Waals surface area contributed by atoms with Gasteiger partial charge >= 0.3 is 0 Å². The SMILES string of the molecule is CC(C(=O)NCc1ccc(F)cc1)N1CCN(S(=O)(=O)c2ccccc2[N+](=O)[O-])CC1. The molecule has 0 aromatic heterocycles. The second-order valence-electron chi connectivity index (χ2n) is 7.19. The van der Waals surface area contributed by atoms with Crippen LogP contribution >= 0.6 is 0 Å². The molecular weight excluding hydrogens is 427 g/mol.